The number of hydrogen-bond acceptors (Lipinski definition) is 3. The van der Waals surface area contributed by atoms with Gasteiger partial charge in [-0.25, -0.2) is 0 Å². The van der Waals surface area contributed by atoms with Crippen LogP contribution in [0.15, 0.2) is 77.5 Å². The molecule has 5 aromatic rings. The predicted molar refractivity (Wildman–Crippen MR) is 92.3 cm³/mol. The molecule has 3 heteroatoms. The molecule has 0 aliphatic carbocycles. The number of furan rings is 1. The lowest BCUT2D eigenvalue weighted by atomic mass is 10.0. The van der Waals surface area contributed by atoms with Crippen molar-refractivity contribution in [2.75, 3.05) is 0 Å². The summed E-state index contributed by atoms with van der Waals surface area (Å²) in [6.45, 7) is 0. The second-order valence-electron chi connectivity index (χ2n) is 5.55. The molecule has 0 atom stereocenters. The Balaban J connectivity index is 1.87. The molecule has 3 heterocycles. The van der Waals surface area contributed by atoms with Gasteiger partial charge in [0.15, 0.2) is 5.58 Å². The van der Waals surface area contributed by atoms with Crippen LogP contribution in [0.1, 0.15) is 0 Å². The van der Waals surface area contributed by atoms with Crippen LogP contribution in [0, 0.1) is 0 Å². The first-order chi connectivity index (χ1) is 11.4. The Labute approximate surface area is 132 Å². The molecule has 0 saturated heterocycles. The molecule has 3 nitrogen and oxygen atoms in total. The fourth-order valence-corrected chi connectivity index (χ4v) is 3.08. The third-order valence-corrected chi connectivity index (χ3v) is 4.16. The standard InChI is InChI=1S/C20H12N2O/c1-2-6-14-12-22-16(11-13(14)5-1)15-7-3-8-17-19(15)20-18(23-17)9-4-10-21-20/h1-12H. The number of hydrogen-bond donors (Lipinski definition) is 0. The molecule has 108 valence electrons. The Morgan fingerprint density at radius 2 is 1.61 bits per heavy atom. The molecule has 0 bridgehead atoms. The topological polar surface area (TPSA) is 38.9 Å². The largest absolute Gasteiger partial charge is 0.454 e. The molecule has 3 aromatic heterocycles. The van der Waals surface area contributed by atoms with E-state index in [9.17, 15) is 0 Å². The minimum atomic E-state index is 0.802. The number of nitrogens with zero attached hydrogens (tertiary/aromatic N) is 2. The highest BCUT2D eigenvalue weighted by atomic mass is 16.3. The van der Waals surface area contributed by atoms with E-state index in [1.165, 1.54) is 5.39 Å². The third kappa shape index (κ3) is 1.83. The van der Waals surface area contributed by atoms with E-state index in [0.29, 0.717) is 0 Å². The fraction of sp³-hybridized carbons (Fsp3) is 0. The molecule has 0 aliphatic rings. The maximum Gasteiger partial charge on any atom is 0.153 e. The van der Waals surface area contributed by atoms with Gasteiger partial charge < -0.3 is 4.42 Å². The maximum absolute atomic E-state index is 5.91. The van der Waals surface area contributed by atoms with Crippen molar-refractivity contribution in [3.05, 3.63) is 73.1 Å². The summed E-state index contributed by atoms with van der Waals surface area (Å²) in [5, 5.41) is 3.33. The number of rotatable bonds is 1. The van der Waals surface area contributed by atoms with E-state index in [0.717, 1.165) is 38.7 Å². The number of benzene rings is 2. The Morgan fingerprint density at radius 3 is 2.57 bits per heavy atom. The highest BCUT2D eigenvalue weighted by Crippen LogP contribution is 2.35. The highest BCUT2D eigenvalue weighted by Gasteiger charge is 2.13. The quantitative estimate of drug-likeness (QED) is 0.427. The number of pyridine rings is 2. The zero-order valence-electron chi connectivity index (χ0n) is 12.2. The first-order valence-electron chi connectivity index (χ1n) is 7.51. The van der Waals surface area contributed by atoms with Gasteiger partial charge in [-0.15, -0.1) is 0 Å². The van der Waals surface area contributed by atoms with Crippen LogP contribution in [0.2, 0.25) is 0 Å². The molecule has 0 N–H and O–H groups in total. The molecule has 0 amide bonds. The minimum Gasteiger partial charge on any atom is -0.454 e. The Kier molecular flexibility index (Phi) is 2.50. The number of fused-ring (bicyclic) bond motifs is 4. The van der Waals surface area contributed by atoms with Crippen molar-refractivity contribution in [3.63, 3.8) is 0 Å². The number of aromatic nitrogens is 2. The van der Waals surface area contributed by atoms with Crippen LogP contribution >= 0.6 is 0 Å². The predicted octanol–water partition coefficient (Wildman–Crippen LogP) is 5.20. The van der Waals surface area contributed by atoms with E-state index in [-0.39, 0.29) is 0 Å². The smallest absolute Gasteiger partial charge is 0.153 e. The van der Waals surface area contributed by atoms with Gasteiger partial charge in [0.05, 0.1) is 11.1 Å². The lowest BCUT2D eigenvalue weighted by molar-refractivity contribution is 0.668. The van der Waals surface area contributed by atoms with Gasteiger partial charge in [-0.05, 0) is 29.7 Å². The van der Waals surface area contributed by atoms with Crippen LogP contribution in [0.25, 0.3) is 44.1 Å². The second kappa shape index (κ2) is 4.65. The van der Waals surface area contributed by atoms with Gasteiger partial charge in [-0.3, -0.25) is 9.97 Å². The van der Waals surface area contributed by atoms with E-state index < -0.39 is 0 Å². The van der Waals surface area contributed by atoms with Crippen molar-refractivity contribution in [1.29, 1.82) is 0 Å². The first-order valence-corrected chi connectivity index (χ1v) is 7.51. The van der Waals surface area contributed by atoms with E-state index in [1.54, 1.807) is 6.20 Å². The summed E-state index contributed by atoms with van der Waals surface area (Å²) < 4.78 is 5.91. The average molecular weight is 296 g/mol. The molecule has 0 spiro atoms. The molecular formula is C20H12N2O. The van der Waals surface area contributed by atoms with E-state index >= 15 is 0 Å². The van der Waals surface area contributed by atoms with Crippen LogP contribution < -0.4 is 0 Å². The molecule has 0 radical (unpaired) electrons. The monoisotopic (exact) mass is 296 g/mol. The lowest BCUT2D eigenvalue weighted by Gasteiger charge is -2.04. The zero-order chi connectivity index (χ0) is 15.2. The molecule has 2 aromatic carbocycles. The zero-order valence-corrected chi connectivity index (χ0v) is 12.2. The molecule has 0 fully saturated rings. The summed E-state index contributed by atoms with van der Waals surface area (Å²) in [7, 11) is 0. The average Bonchev–Trinajstić information content (AvgIpc) is 3.00. The van der Waals surface area contributed by atoms with Crippen molar-refractivity contribution in [2.45, 2.75) is 0 Å². The summed E-state index contributed by atoms with van der Waals surface area (Å²) in [5.74, 6) is 0. The Hall–Kier alpha value is -3.20. The minimum absolute atomic E-state index is 0.802. The van der Waals surface area contributed by atoms with Crippen molar-refractivity contribution < 1.29 is 4.42 Å². The van der Waals surface area contributed by atoms with Crippen LogP contribution in [0.5, 0.6) is 0 Å². The van der Waals surface area contributed by atoms with Crippen molar-refractivity contribution >= 4 is 32.8 Å². The van der Waals surface area contributed by atoms with Crippen LogP contribution in [0.3, 0.4) is 0 Å². The molecule has 0 saturated carbocycles. The van der Waals surface area contributed by atoms with Crippen LogP contribution in [-0.4, -0.2) is 9.97 Å². The molecule has 0 unspecified atom stereocenters. The SMILES string of the molecule is c1ccc2cc(-c3cccc4oc5cccnc5c34)ncc2c1. The van der Waals surface area contributed by atoms with Gasteiger partial charge in [-0.2, -0.15) is 0 Å². The van der Waals surface area contributed by atoms with Gasteiger partial charge in [-0.1, -0.05) is 36.4 Å². The molecule has 23 heavy (non-hydrogen) atoms. The van der Waals surface area contributed by atoms with Gasteiger partial charge in [0.25, 0.3) is 0 Å². The van der Waals surface area contributed by atoms with Gasteiger partial charge in [0, 0.05) is 23.3 Å². The Morgan fingerprint density at radius 1 is 0.739 bits per heavy atom. The Bertz CT molecular complexity index is 1170. The maximum atomic E-state index is 5.91. The van der Waals surface area contributed by atoms with Crippen LogP contribution in [0.4, 0.5) is 0 Å². The summed E-state index contributed by atoms with van der Waals surface area (Å²) in [6.07, 6.45) is 3.71. The lowest BCUT2D eigenvalue weighted by Crippen LogP contribution is -1.85. The normalized spacial score (nSPS) is 11.5. The van der Waals surface area contributed by atoms with Gasteiger partial charge in [0.1, 0.15) is 11.1 Å². The van der Waals surface area contributed by atoms with Gasteiger partial charge >= 0.3 is 0 Å². The van der Waals surface area contributed by atoms with E-state index in [4.69, 9.17) is 4.42 Å². The fourth-order valence-electron chi connectivity index (χ4n) is 3.08. The summed E-state index contributed by atoms with van der Waals surface area (Å²) >= 11 is 0. The summed E-state index contributed by atoms with van der Waals surface area (Å²) in [5.41, 5.74) is 4.50. The first kappa shape index (κ1) is 12.4. The van der Waals surface area contributed by atoms with Crippen molar-refractivity contribution in [1.82, 2.24) is 9.97 Å². The second-order valence-corrected chi connectivity index (χ2v) is 5.55. The van der Waals surface area contributed by atoms with Crippen molar-refractivity contribution in [2.24, 2.45) is 0 Å². The summed E-state index contributed by atoms with van der Waals surface area (Å²) in [4.78, 5) is 9.14. The van der Waals surface area contributed by atoms with Gasteiger partial charge in [0.2, 0.25) is 0 Å². The van der Waals surface area contributed by atoms with E-state index in [2.05, 4.69) is 34.2 Å². The molecule has 5 rings (SSSR count). The molecular weight excluding hydrogens is 284 g/mol. The third-order valence-electron chi connectivity index (χ3n) is 4.16. The van der Waals surface area contributed by atoms with Crippen molar-refractivity contribution in [3.8, 4) is 11.3 Å². The highest BCUT2D eigenvalue weighted by molar-refractivity contribution is 6.10. The summed E-state index contributed by atoms with van der Waals surface area (Å²) in [6, 6.07) is 20.2. The van der Waals surface area contributed by atoms with Crippen LogP contribution in [-0.2, 0) is 0 Å². The van der Waals surface area contributed by atoms with E-state index in [1.807, 2.05) is 42.6 Å². The molecule has 0 aliphatic heterocycles.